The summed E-state index contributed by atoms with van der Waals surface area (Å²) in [4.78, 5) is 0. The van der Waals surface area contributed by atoms with E-state index in [1.807, 2.05) is 36.4 Å². The third-order valence-electron chi connectivity index (χ3n) is 8.29. The fourth-order valence-electron chi connectivity index (χ4n) is 6.34. The highest BCUT2D eigenvalue weighted by molar-refractivity contribution is 5.68. The zero-order chi connectivity index (χ0) is 29.1. The molecule has 0 amide bonds. The Labute approximate surface area is 242 Å². The van der Waals surface area contributed by atoms with Gasteiger partial charge in [0.05, 0.1) is 42.7 Å². The number of benzene rings is 4. The van der Waals surface area contributed by atoms with E-state index in [9.17, 15) is 0 Å². The Bertz CT molecular complexity index is 1490. The maximum absolute atomic E-state index is 6.12. The van der Waals surface area contributed by atoms with Gasteiger partial charge in [-0.3, -0.25) is 0 Å². The summed E-state index contributed by atoms with van der Waals surface area (Å²) in [6.07, 6.45) is 0.901. The molecule has 0 fully saturated rings. The first-order valence-electron chi connectivity index (χ1n) is 13.8. The molecule has 1 aliphatic carbocycles. The molecule has 4 aromatic carbocycles. The van der Waals surface area contributed by atoms with Crippen molar-refractivity contribution in [1.82, 2.24) is 0 Å². The molecule has 5 rings (SSSR count). The molecule has 0 saturated heterocycles. The lowest BCUT2D eigenvalue weighted by molar-refractivity contribution is 0.377. The molecule has 214 valence electrons. The molecular weight excluding hydrogens is 516 g/mol. The summed E-state index contributed by atoms with van der Waals surface area (Å²) < 4.78 is 34.8. The minimum absolute atomic E-state index is 0.0438. The SMILES string of the molecule is CCC(c1ccc(OC)cc1)C1c2cc(OC)cc(OC)c2C(c2ccc(OC)cc2)c2cc(OC)cc(OC)c21. The highest BCUT2D eigenvalue weighted by Gasteiger charge is 2.42. The van der Waals surface area contributed by atoms with Crippen LogP contribution in [0.3, 0.4) is 0 Å². The van der Waals surface area contributed by atoms with E-state index >= 15 is 0 Å². The van der Waals surface area contributed by atoms with Crippen molar-refractivity contribution in [2.75, 3.05) is 42.7 Å². The van der Waals surface area contributed by atoms with Crippen LogP contribution in [0.4, 0.5) is 0 Å². The van der Waals surface area contributed by atoms with Crippen LogP contribution >= 0.6 is 0 Å². The number of rotatable bonds is 10. The average Bonchev–Trinajstić information content (AvgIpc) is 3.03. The van der Waals surface area contributed by atoms with Gasteiger partial charge >= 0.3 is 0 Å². The third kappa shape index (κ3) is 5.03. The highest BCUT2D eigenvalue weighted by Crippen LogP contribution is 2.58. The number of hydrogen-bond donors (Lipinski definition) is 0. The first-order valence-corrected chi connectivity index (χ1v) is 13.8. The Hall–Kier alpha value is -4.32. The topological polar surface area (TPSA) is 55.4 Å². The van der Waals surface area contributed by atoms with Gasteiger partial charge < -0.3 is 28.4 Å². The second kappa shape index (κ2) is 12.0. The summed E-state index contributed by atoms with van der Waals surface area (Å²) in [6, 6.07) is 24.9. The zero-order valence-corrected chi connectivity index (χ0v) is 24.8. The lowest BCUT2D eigenvalue weighted by atomic mass is 9.64. The Morgan fingerprint density at radius 3 is 1.51 bits per heavy atom. The molecule has 41 heavy (non-hydrogen) atoms. The Morgan fingerprint density at radius 1 is 0.537 bits per heavy atom. The van der Waals surface area contributed by atoms with E-state index in [2.05, 4.69) is 43.3 Å². The zero-order valence-electron chi connectivity index (χ0n) is 24.8. The number of methoxy groups -OCH3 is 6. The van der Waals surface area contributed by atoms with Crippen LogP contribution < -0.4 is 28.4 Å². The molecule has 4 aromatic rings. The standard InChI is InChI=1S/C35H38O6/c1-8-27(21-9-13-23(36-2)14-10-21)33-29-18-26(39-5)19-30(40-6)34(29)32(22-11-15-24(37-3)16-12-22)28-17-25(38-4)20-31(41-7)35(28)33/h9-20,27,32-33H,8H2,1-7H3. The van der Waals surface area contributed by atoms with Gasteiger partial charge in [0.1, 0.15) is 34.5 Å². The molecule has 0 spiro atoms. The summed E-state index contributed by atoms with van der Waals surface area (Å²) in [7, 11) is 10.2. The van der Waals surface area contributed by atoms with Gasteiger partial charge in [0.25, 0.3) is 0 Å². The number of ether oxygens (including phenoxy) is 6. The second-order valence-corrected chi connectivity index (χ2v) is 10.1. The summed E-state index contributed by atoms with van der Waals surface area (Å²) >= 11 is 0. The van der Waals surface area contributed by atoms with Crippen LogP contribution in [-0.4, -0.2) is 42.7 Å². The van der Waals surface area contributed by atoms with Gasteiger partial charge in [-0.25, -0.2) is 0 Å². The molecule has 0 saturated carbocycles. The minimum atomic E-state index is -0.139. The molecule has 1 aliphatic rings. The van der Waals surface area contributed by atoms with Crippen molar-refractivity contribution < 1.29 is 28.4 Å². The predicted molar refractivity (Wildman–Crippen MR) is 161 cm³/mol. The molecule has 0 heterocycles. The van der Waals surface area contributed by atoms with Gasteiger partial charge in [0.2, 0.25) is 0 Å². The molecule has 3 unspecified atom stereocenters. The molecule has 6 nitrogen and oxygen atoms in total. The Morgan fingerprint density at radius 2 is 1.02 bits per heavy atom. The lowest BCUT2D eigenvalue weighted by Crippen LogP contribution is -2.25. The van der Waals surface area contributed by atoms with Crippen molar-refractivity contribution in [2.45, 2.75) is 31.1 Å². The second-order valence-electron chi connectivity index (χ2n) is 10.1. The van der Waals surface area contributed by atoms with Crippen LogP contribution in [0, 0.1) is 0 Å². The fourth-order valence-corrected chi connectivity index (χ4v) is 6.34. The van der Waals surface area contributed by atoms with E-state index in [1.165, 1.54) is 5.56 Å². The maximum Gasteiger partial charge on any atom is 0.127 e. The van der Waals surface area contributed by atoms with E-state index in [-0.39, 0.29) is 17.8 Å². The van der Waals surface area contributed by atoms with Crippen LogP contribution in [0.1, 0.15) is 64.5 Å². The Kier molecular flexibility index (Phi) is 8.29. The summed E-state index contributed by atoms with van der Waals surface area (Å²) in [5, 5.41) is 0. The quantitative estimate of drug-likeness (QED) is 0.202. The number of fused-ring (bicyclic) bond motifs is 2. The predicted octanol–water partition coefficient (Wildman–Crippen LogP) is 7.56. The Balaban J connectivity index is 1.87. The van der Waals surface area contributed by atoms with E-state index in [0.717, 1.165) is 68.7 Å². The smallest absolute Gasteiger partial charge is 0.127 e. The van der Waals surface area contributed by atoms with Gasteiger partial charge in [0.15, 0.2) is 0 Å². The third-order valence-corrected chi connectivity index (χ3v) is 8.29. The van der Waals surface area contributed by atoms with Gasteiger partial charge in [-0.1, -0.05) is 31.2 Å². The average molecular weight is 555 g/mol. The van der Waals surface area contributed by atoms with Gasteiger partial charge in [-0.05, 0) is 71.0 Å². The summed E-state index contributed by atoms with van der Waals surface area (Å²) in [5.74, 6) is 4.65. The van der Waals surface area contributed by atoms with Crippen LogP contribution in [0.25, 0.3) is 0 Å². The molecule has 0 N–H and O–H groups in total. The van der Waals surface area contributed by atoms with E-state index < -0.39 is 0 Å². The maximum atomic E-state index is 6.12. The van der Waals surface area contributed by atoms with Gasteiger partial charge in [-0.2, -0.15) is 0 Å². The van der Waals surface area contributed by atoms with Crippen LogP contribution in [0.5, 0.6) is 34.5 Å². The van der Waals surface area contributed by atoms with E-state index in [1.54, 1.807) is 42.7 Å². The van der Waals surface area contributed by atoms with Gasteiger partial charge in [0, 0.05) is 35.1 Å². The van der Waals surface area contributed by atoms with E-state index in [0.29, 0.717) is 0 Å². The monoisotopic (exact) mass is 554 g/mol. The molecule has 0 aliphatic heterocycles. The molecule has 3 atom stereocenters. The summed E-state index contributed by atoms with van der Waals surface area (Å²) in [5.41, 5.74) is 6.86. The van der Waals surface area contributed by atoms with Gasteiger partial charge in [-0.15, -0.1) is 0 Å². The lowest BCUT2D eigenvalue weighted by Gasteiger charge is -2.40. The molecule has 0 radical (unpaired) electrons. The van der Waals surface area contributed by atoms with Crippen LogP contribution in [-0.2, 0) is 0 Å². The molecule has 0 aromatic heterocycles. The first kappa shape index (κ1) is 28.2. The van der Waals surface area contributed by atoms with Crippen molar-refractivity contribution in [3.05, 3.63) is 106 Å². The normalized spacial score (nSPS) is 16.2. The van der Waals surface area contributed by atoms with Crippen molar-refractivity contribution >= 4 is 0 Å². The summed E-state index contributed by atoms with van der Waals surface area (Å²) in [6.45, 7) is 2.23. The van der Waals surface area contributed by atoms with Crippen LogP contribution in [0.2, 0.25) is 0 Å². The van der Waals surface area contributed by atoms with Crippen molar-refractivity contribution in [1.29, 1.82) is 0 Å². The van der Waals surface area contributed by atoms with Crippen molar-refractivity contribution in [3.8, 4) is 34.5 Å². The fraction of sp³-hybridized carbons (Fsp3) is 0.314. The van der Waals surface area contributed by atoms with Crippen molar-refractivity contribution in [3.63, 3.8) is 0 Å². The minimum Gasteiger partial charge on any atom is -0.497 e. The van der Waals surface area contributed by atoms with Crippen LogP contribution in [0.15, 0.2) is 72.8 Å². The number of hydrogen-bond acceptors (Lipinski definition) is 6. The molecule has 0 bridgehead atoms. The van der Waals surface area contributed by atoms with Crippen molar-refractivity contribution in [2.24, 2.45) is 0 Å². The highest BCUT2D eigenvalue weighted by atomic mass is 16.5. The first-order chi connectivity index (χ1) is 20.0. The largest absolute Gasteiger partial charge is 0.497 e. The van der Waals surface area contributed by atoms with E-state index in [4.69, 9.17) is 28.4 Å². The molecular formula is C35H38O6. The molecule has 6 heteroatoms.